The van der Waals surface area contributed by atoms with Crippen LogP contribution in [0.4, 0.5) is 5.69 Å². The first-order valence-corrected chi connectivity index (χ1v) is 7.29. The van der Waals surface area contributed by atoms with E-state index in [1.54, 1.807) is 18.3 Å². The zero-order valence-corrected chi connectivity index (χ0v) is 11.6. The molecule has 0 atom stereocenters. The Morgan fingerprint density at radius 1 is 1.39 bits per heavy atom. The Kier molecular flexibility index (Phi) is 3.69. The van der Waals surface area contributed by atoms with Crippen molar-refractivity contribution in [1.82, 2.24) is 14.9 Å². The molecule has 4 N–H and O–H groups in total. The van der Waals surface area contributed by atoms with Crippen molar-refractivity contribution in [3.8, 4) is 0 Å². The molecule has 6 nitrogen and oxygen atoms in total. The summed E-state index contributed by atoms with van der Waals surface area (Å²) in [6.07, 6.45) is 1.55. The maximum atomic E-state index is 12.1. The third-order valence-electron chi connectivity index (χ3n) is 2.28. The molecular formula is C10H11BrN4O2S. The molecule has 96 valence electrons. The van der Waals surface area contributed by atoms with Crippen molar-refractivity contribution < 1.29 is 8.42 Å². The number of H-pyrrole nitrogens is 1. The van der Waals surface area contributed by atoms with E-state index in [4.69, 9.17) is 5.73 Å². The molecule has 0 spiro atoms. The van der Waals surface area contributed by atoms with Crippen LogP contribution in [0.1, 0.15) is 5.69 Å². The minimum atomic E-state index is -3.64. The third-order valence-corrected chi connectivity index (χ3v) is 4.23. The highest BCUT2D eigenvalue weighted by atomic mass is 79.9. The summed E-state index contributed by atoms with van der Waals surface area (Å²) in [5.74, 6) is 0. The van der Waals surface area contributed by atoms with E-state index >= 15 is 0 Å². The summed E-state index contributed by atoms with van der Waals surface area (Å²) in [7, 11) is -3.64. The molecule has 0 saturated carbocycles. The molecule has 0 aliphatic carbocycles. The van der Waals surface area contributed by atoms with Crippen LogP contribution in [0.25, 0.3) is 0 Å². The highest BCUT2D eigenvalue weighted by Crippen LogP contribution is 2.22. The fourth-order valence-corrected chi connectivity index (χ4v) is 3.05. The Morgan fingerprint density at radius 2 is 2.17 bits per heavy atom. The molecular weight excluding hydrogens is 320 g/mol. The lowest BCUT2D eigenvalue weighted by Gasteiger charge is -2.08. The number of anilines is 1. The van der Waals surface area contributed by atoms with Crippen LogP contribution in [0.3, 0.4) is 0 Å². The number of aromatic amines is 1. The first-order chi connectivity index (χ1) is 8.49. The lowest BCUT2D eigenvalue weighted by Crippen LogP contribution is -2.24. The molecule has 8 heteroatoms. The normalized spacial score (nSPS) is 11.6. The maximum Gasteiger partial charge on any atom is 0.243 e. The van der Waals surface area contributed by atoms with Crippen LogP contribution in [-0.4, -0.2) is 18.6 Å². The topological polar surface area (TPSA) is 101 Å². The lowest BCUT2D eigenvalue weighted by atomic mass is 10.3. The lowest BCUT2D eigenvalue weighted by molar-refractivity contribution is 0.580. The quantitative estimate of drug-likeness (QED) is 0.734. The number of hydrogen-bond acceptors (Lipinski definition) is 4. The summed E-state index contributed by atoms with van der Waals surface area (Å²) in [5, 5.41) is 6.40. The zero-order chi connectivity index (χ0) is 13.2. The smallest absolute Gasteiger partial charge is 0.243 e. The highest BCUT2D eigenvalue weighted by Gasteiger charge is 2.17. The predicted molar refractivity (Wildman–Crippen MR) is 71.2 cm³/mol. The van der Waals surface area contributed by atoms with Gasteiger partial charge in [0.2, 0.25) is 10.0 Å². The monoisotopic (exact) mass is 330 g/mol. The Morgan fingerprint density at radius 3 is 2.83 bits per heavy atom. The van der Waals surface area contributed by atoms with Gasteiger partial charge in [-0.3, -0.25) is 5.10 Å². The van der Waals surface area contributed by atoms with E-state index in [-0.39, 0.29) is 17.1 Å². The van der Waals surface area contributed by atoms with E-state index in [1.807, 2.05) is 0 Å². The Hall–Kier alpha value is -1.38. The Labute approximate surface area is 113 Å². The van der Waals surface area contributed by atoms with Crippen LogP contribution in [-0.2, 0) is 16.6 Å². The highest BCUT2D eigenvalue weighted by molar-refractivity contribution is 9.10. The van der Waals surface area contributed by atoms with Crippen molar-refractivity contribution in [3.63, 3.8) is 0 Å². The molecule has 1 aromatic heterocycles. The maximum absolute atomic E-state index is 12.1. The molecule has 0 unspecified atom stereocenters. The van der Waals surface area contributed by atoms with Crippen molar-refractivity contribution in [2.75, 3.05) is 5.73 Å². The molecule has 1 heterocycles. The van der Waals surface area contributed by atoms with Gasteiger partial charge in [-0.1, -0.05) is 15.9 Å². The summed E-state index contributed by atoms with van der Waals surface area (Å²) in [4.78, 5) is 0.0522. The van der Waals surface area contributed by atoms with Gasteiger partial charge in [-0.05, 0) is 24.3 Å². The summed E-state index contributed by atoms with van der Waals surface area (Å²) < 4.78 is 27.2. The number of rotatable bonds is 4. The van der Waals surface area contributed by atoms with E-state index in [2.05, 4.69) is 30.8 Å². The number of benzene rings is 1. The average Bonchev–Trinajstić information content (AvgIpc) is 2.83. The molecule has 0 bridgehead atoms. The number of nitrogens with zero attached hydrogens (tertiary/aromatic N) is 1. The summed E-state index contributed by atoms with van der Waals surface area (Å²) in [6.45, 7) is 0.133. The predicted octanol–water partition coefficient (Wildman–Crippen LogP) is 1.23. The molecule has 2 aromatic rings. The first-order valence-electron chi connectivity index (χ1n) is 5.02. The number of nitrogens with two attached hydrogens (primary N) is 1. The number of hydrogen-bond donors (Lipinski definition) is 3. The van der Waals surface area contributed by atoms with Gasteiger partial charge in [0.15, 0.2) is 0 Å². The summed E-state index contributed by atoms with van der Waals surface area (Å²) in [6, 6.07) is 6.37. The van der Waals surface area contributed by atoms with Crippen molar-refractivity contribution in [2.24, 2.45) is 0 Å². The fourth-order valence-electron chi connectivity index (χ4n) is 1.37. The second-order valence-corrected chi connectivity index (χ2v) is 6.24. The summed E-state index contributed by atoms with van der Waals surface area (Å²) >= 11 is 3.21. The van der Waals surface area contributed by atoms with Crippen LogP contribution in [0, 0.1) is 0 Å². The second-order valence-electron chi connectivity index (χ2n) is 3.59. The molecule has 0 aliphatic heterocycles. The number of nitrogen functional groups attached to an aromatic ring is 1. The van der Waals surface area contributed by atoms with Crippen LogP contribution in [0.5, 0.6) is 0 Å². The van der Waals surface area contributed by atoms with Gasteiger partial charge >= 0.3 is 0 Å². The zero-order valence-electron chi connectivity index (χ0n) is 9.22. The summed E-state index contributed by atoms with van der Waals surface area (Å²) in [5.41, 5.74) is 6.54. The molecule has 1 aromatic carbocycles. The van der Waals surface area contributed by atoms with Crippen molar-refractivity contribution in [1.29, 1.82) is 0 Å². The standard InChI is InChI=1S/C10H11BrN4O2S/c11-7-1-2-9(12)10(5-7)18(16,17)14-6-8-3-4-13-15-8/h1-5,14H,6,12H2,(H,13,15). The van der Waals surface area contributed by atoms with E-state index < -0.39 is 10.0 Å². The molecule has 2 rings (SSSR count). The van der Waals surface area contributed by atoms with Gasteiger partial charge < -0.3 is 5.73 Å². The van der Waals surface area contributed by atoms with E-state index in [9.17, 15) is 8.42 Å². The molecule has 18 heavy (non-hydrogen) atoms. The van der Waals surface area contributed by atoms with Gasteiger partial charge in [-0.2, -0.15) is 5.10 Å². The van der Waals surface area contributed by atoms with Crippen LogP contribution < -0.4 is 10.5 Å². The van der Waals surface area contributed by atoms with Crippen molar-refractivity contribution in [2.45, 2.75) is 11.4 Å². The van der Waals surface area contributed by atoms with Gasteiger partial charge in [0.05, 0.1) is 17.9 Å². The van der Waals surface area contributed by atoms with Gasteiger partial charge in [0.25, 0.3) is 0 Å². The minimum Gasteiger partial charge on any atom is -0.398 e. The van der Waals surface area contributed by atoms with Gasteiger partial charge in [0.1, 0.15) is 4.90 Å². The van der Waals surface area contributed by atoms with Crippen LogP contribution >= 0.6 is 15.9 Å². The van der Waals surface area contributed by atoms with Gasteiger partial charge in [0, 0.05) is 10.7 Å². The molecule has 0 saturated heterocycles. The average molecular weight is 331 g/mol. The molecule has 0 radical (unpaired) electrons. The van der Waals surface area contributed by atoms with Crippen LogP contribution in [0.2, 0.25) is 0 Å². The Balaban J connectivity index is 2.22. The van der Waals surface area contributed by atoms with E-state index in [1.165, 1.54) is 12.1 Å². The SMILES string of the molecule is Nc1ccc(Br)cc1S(=O)(=O)NCc1ccn[nH]1. The number of nitrogens with one attached hydrogen (secondary N) is 2. The third kappa shape index (κ3) is 2.89. The number of sulfonamides is 1. The van der Waals surface area contributed by atoms with E-state index in [0.29, 0.717) is 10.2 Å². The second kappa shape index (κ2) is 5.09. The molecule has 0 aliphatic rings. The Bertz CT molecular complexity index is 640. The van der Waals surface area contributed by atoms with E-state index in [0.717, 1.165) is 0 Å². The van der Waals surface area contributed by atoms with Crippen molar-refractivity contribution >= 4 is 31.6 Å². The minimum absolute atomic E-state index is 0.0522. The molecule has 0 amide bonds. The first kappa shape index (κ1) is 13.1. The van der Waals surface area contributed by atoms with Gasteiger partial charge in [-0.15, -0.1) is 0 Å². The number of halogens is 1. The van der Waals surface area contributed by atoms with Crippen molar-refractivity contribution in [3.05, 3.63) is 40.6 Å². The fraction of sp³-hybridized carbons (Fsp3) is 0.100. The molecule has 0 fully saturated rings. The van der Waals surface area contributed by atoms with Gasteiger partial charge in [-0.25, -0.2) is 13.1 Å². The number of aromatic nitrogens is 2. The largest absolute Gasteiger partial charge is 0.398 e. The van der Waals surface area contributed by atoms with Crippen LogP contribution in [0.15, 0.2) is 39.8 Å².